The second-order valence-corrected chi connectivity index (χ2v) is 4.59. The van der Waals surface area contributed by atoms with Crippen LogP contribution in [0.3, 0.4) is 0 Å². The summed E-state index contributed by atoms with van der Waals surface area (Å²) in [5.74, 6) is 0.524. The summed E-state index contributed by atoms with van der Waals surface area (Å²) in [4.78, 5) is 2.03. The topological polar surface area (TPSA) is 49.5 Å². The third-order valence-corrected chi connectivity index (χ3v) is 2.78. The molecule has 1 aromatic heterocycles. The molecule has 1 aromatic carbocycles. The summed E-state index contributed by atoms with van der Waals surface area (Å²) < 4.78 is 5.19. The van der Waals surface area contributed by atoms with E-state index in [1.807, 2.05) is 49.3 Å². The normalized spacial score (nSPS) is 12.9. The molecular weight excluding hydrogens is 228 g/mol. The Bertz CT molecular complexity index is 480. The van der Waals surface area contributed by atoms with E-state index in [9.17, 15) is 5.11 Å². The fourth-order valence-corrected chi connectivity index (χ4v) is 1.71. The van der Waals surface area contributed by atoms with Gasteiger partial charge >= 0.3 is 0 Å². The smallest absolute Gasteiger partial charge is 0.165 e. The molecule has 0 bridgehead atoms. The van der Waals surface area contributed by atoms with E-state index in [1.165, 1.54) is 0 Å². The van der Waals surface area contributed by atoms with Gasteiger partial charge in [0.1, 0.15) is 11.8 Å². The Hall–Kier alpha value is -1.65. The van der Waals surface area contributed by atoms with Crippen molar-refractivity contribution in [2.45, 2.75) is 12.5 Å². The molecule has 0 spiro atoms. The van der Waals surface area contributed by atoms with Gasteiger partial charge in [-0.3, -0.25) is 0 Å². The molecule has 1 heterocycles. The molecule has 4 nitrogen and oxygen atoms in total. The van der Waals surface area contributed by atoms with Gasteiger partial charge in [-0.15, -0.1) is 0 Å². The zero-order chi connectivity index (χ0) is 13.0. The fourth-order valence-electron chi connectivity index (χ4n) is 1.71. The third-order valence-electron chi connectivity index (χ3n) is 2.78. The van der Waals surface area contributed by atoms with Gasteiger partial charge < -0.3 is 14.5 Å². The maximum Gasteiger partial charge on any atom is 0.165 e. The van der Waals surface area contributed by atoms with E-state index < -0.39 is 6.10 Å². The minimum Gasteiger partial charge on any atom is -0.385 e. The number of aliphatic hydroxyl groups excluding tert-OH is 1. The van der Waals surface area contributed by atoms with Crippen molar-refractivity contribution < 1.29 is 9.63 Å². The van der Waals surface area contributed by atoms with Crippen LogP contribution in [0.5, 0.6) is 0 Å². The zero-order valence-corrected chi connectivity index (χ0v) is 10.7. The summed E-state index contributed by atoms with van der Waals surface area (Å²) in [7, 11) is 3.95. The van der Waals surface area contributed by atoms with Gasteiger partial charge in [-0.2, -0.15) is 0 Å². The lowest BCUT2D eigenvalue weighted by molar-refractivity contribution is 0.121. The van der Waals surface area contributed by atoms with E-state index in [0.717, 1.165) is 17.8 Å². The van der Waals surface area contributed by atoms with Crippen LogP contribution in [0.2, 0.25) is 0 Å². The maximum atomic E-state index is 9.97. The van der Waals surface area contributed by atoms with Crippen LogP contribution in [-0.2, 0) is 0 Å². The summed E-state index contributed by atoms with van der Waals surface area (Å²) >= 11 is 0. The molecule has 0 radical (unpaired) electrons. The lowest BCUT2D eigenvalue weighted by Gasteiger charge is -2.11. The Labute approximate surface area is 107 Å². The number of rotatable bonds is 5. The molecule has 1 N–H and O–H groups in total. The van der Waals surface area contributed by atoms with Crippen LogP contribution in [0.15, 0.2) is 40.9 Å². The first-order valence-corrected chi connectivity index (χ1v) is 6.01. The Balaban J connectivity index is 2.06. The molecule has 1 atom stereocenters. The van der Waals surface area contributed by atoms with Crippen molar-refractivity contribution in [2.75, 3.05) is 20.6 Å². The number of benzene rings is 1. The Morgan fingerprint density at radius 1 is 1.28 bits per heavy atom. The quantitative estimate of drug-likeness (QED) is 0.879. The number of aromatic nitrogens is 1. The Morgan fingerprint density at radius 3 is 2.67 bits per heavy atom. The van der Waals surface area contributed by atoms with Crippen molar-refractivity contribution in [1.82, 2.24) is 10.1 Å². The maximum absolute atomic E-state index is 9.97. The van der Waals surface area contributed by atoms with Crippen LogP contribution in [0.4, 0.5) is 0 Å². The lowest BCUT2D eigenvalue weighted by Crippen LogP contribution is -2.15. The molecule has 0 saturated heterocycles. The van der Waals surface area contributed by atoms with Crippen molar-refractivity contribution in [2.24, 2.45) is 0 Å². The summed E-state index contributed by atoms with van der Waals surface area (Å²) in [6.07, 6.45) is 0.0357. The number of nitrogens with zero attached hydrogens (tertiary/aromatic N) is 2. The molecule has 18 heavy (non-hydrogen) atoms. The van der Waals surface area contributed by atoms with Gasteiger partial charge in [0.2, 0.25) is 0 Å². The van der Waals surface area contributed by atoms with Crippen LogP contribution in [0, 0.1) is 0 Å². The molecule has 1 unspecified atom stereocenters. The van der Waals surface area contributed by atoms with Crippen molar-refractivity contribution in [3.05, 3.63) is 42.2 Å². The van der Waals surface area contributed by atoms with E-state index in [2.05, 4.69) is 5.16 Å². The highest BCUT2D eigenvalue weighted by Gasteiger charge is 2.14. The molecule has 0 saturated carbocycles. The largest absolute Gasteiger partial charge is 0.385 e. The highest BCUT2D eigenvalue weighted by molar-refractivity contribution is 5.58. The fraction of sp³-hybridized carbons (Fsp3) is 0.357. The predicted molar refractivity (Wildman–Crippen MR) is 70.1 cm³/mol. The average molecular weight is 246 g/mol. The van der Waals surface area contributed by atoms with E-state index in [0.29, 0.717) is 12.2 Å². The monoisotopic (exact) mass is 246 g/mol. The predicted octanol–water partition coefficient (Wildman–Crippen LogP) is 2.33. The second-order valence-electron chi connectivity index (χ2n) is 4.59. The van der Waals surface area contributed by atoms with Crippen molar-refractivity contribution in [3.8, 4) is 11.3 Å². The van der Waals surface area contributed by atoms with Crippen LogP contribution in [0.25, 0.3) is 11.3 Å². The zero-order valence-electron chi connectivity index (χ0n) is 10.7. The van der Waals surface area contributed by atoms with Gasteiger partial charge in [0, 0.05) is 18.2 Å². The van der Waals surface area contributed by atoms with E-state index >= 15 is 0 Å². The Kier molecular flexibility index (Phi) is 4.12. The highest BCUT2D eigenvalue weighted by atomic mass is 16.5. The van der Waals surface area contributed by atoms with E-state index in [-0.39, 0.29) is 0 Å². The first-order valence-electron chi connectivity index (χ1n) is 6.01. The van der Waals surface area contributed by atoms with Gasteiger partial charge in [0.05, 0.1) is 0 Å². The lowest BCUT2D eigenvalue weighted by atomic mass is 10.1. The number of hydrogen-bond acceptors (Lipinski definition) is 4. The molecule has 0 aliphatic heterocycles. The number of hydrogen-bond donors (Lipinski definition) is 1. The Morgan fingerprint density at radius 2 is 2.00 bits per heavy atom. The van der Waals surface area contributed by atoms with Crippen molar-refractivity contribution >= 4 is 0 Å². The van der Waals surface area contributed by atoms with Crippen molar-refractivity contribution in [1.29, 1.82) is 0 Å². The van der Waals surface area contributed by atoms with Gasteiger partial charge in [0.25, 0.3) is 0 Å². The highest BCUT2D eigenvalue weighted by Crippen LogP contribution is 2.23. The minimum absolute atomic E-state index is 0.524. The van der Waals surface area contributed by atoms with Gasteiger partial charge in [0.15, 0.2) is 5.76 Å². The summed E-state index contributed by atoms with van der Waals surface area (Å²) in [6.45, 7) is 0.808. The van der Waals surface area contributed by atoms with Gasteiger partial charge in [-0.25, -0.2) is 0 Å². The average Bonchev–Trinajstić information content (AvgIpc) is 2.86. The van der Waals surface area contributed by atoms with Crippen LogP contribution in [0.1, 0.15) is 18.3 Å². The molecule has 4 heteroatoms. The standard InChI is InChI=1S/C14H18N2O2/c1-16(2)9-8-13(17)14-10-12(15-18-14)11-6-4-3-5-7-11/h3-7,10,13,17H,8-9H2,1-2H3. The second kappa shape index (κ2) is 5.80. The van der Waals surface area contributed by atoms with E-state index in [1.54, 1.807) is 6.07 Å². The molecule has 96 valence electrons. The van der Waals surface area contributed by atoms with Crippen LogP contribution < -0.4 is 0 Å². The van der Waals surface area contributed by atoms with Crippen LogP contribution >= 0.6 is 0 Å². The molecule has 0 aliphatic carbocycles. The molecule has 0 fully saturated rings. The first-order chi connectivity index (χ1) is 8.66. The molecule has 2 aromatic rings. The van der Waals surface area contributed by atoms with Crippen molar-refractivity contribution in [3.63, 3.8) is 0 Å². The molecule has 0 amide bonds. The number of aliphatic hydroxyl groups is 1. The molecule has 2 rings (SSSR count). The summed E-state index contributed by atoms with van der Waals surface area (Å²) in [5.41, 5.74) is 1.75. The summed E-state index contributed by atoms with van der Waals surface area (Å²) in [5, 5.41) is 14.0. The van der Waals surface area contributed by atoms with E-state index in [4.69, 9.17) is 4.52 Å². The molecular formula is C14H18N2O2. The first kappa shape index (κ1) is 12.8. The van der Waals surface area contributed by atoms with Gasteiger partial charge in [-0.1, -0.05) is 35.5 Å². The van der Waals surface area contributed by atoms with Crippen LogP contribution in [-0.4, -0.2) is 35.8 Å². The van der Waals surface area contributed by atoms with Gasteiger partial charge in [-0.05, 0) is 20.5 Å². The summed E-state index contributed by atoms with van der Waals surface area (Å²) in [6, 6.07) is 11.6. The SMILES string of the molecule is CN(C)CCC(O)c1cc(-c2ccccc2)no1. The third kappa shape index (κ3) is 3.18. The minimum atomic E-state index is -0.600. The molecule has 0 aliphatic rings.